The van der Waals surface area contributed by atoms with Crippen molar-refractivity contribution < 1.29 is 4.74 Å². The minimum atomic E-state index is -0.384. The van der Waals surface area contributed by atoms with Gasteiger partial charge in [0.1, 0.15) is 12.2 Å². The third-order valence-electron chi connectivity index (χ3n) is 5.11. The summed E-state index contributed by atoms with van der Waals surface area (Å²) in [7, 11) is 0. The highest BCUT2D eigenvalue weighted by Gasteiger charge is 2.23. The second-order valence-corrected chi connectivity index (χ2v) is 7.19. The van der Waals surface area contributed by atoms with Gasteiger partial charge in [0, 0.05) is 0 Å². The van der Waals surface area contributed by atoms with Crippen LogP contribution in [0.2, 0.25) is 0 Å². The number of hydrogen-bond acceptors (Lipinski definition) is 3. The SMILES string of the molecule is N#Cc1cccc(C(OC(c2ccccc2)c2cccc(C#N)c2)c2ccccc2)c1. The Morgan fingerprint density at radius 1 is 0.484 bits per heavy atom. The van der Waals surface area contributed by atoms with Gasteiger partial charge in [-0.1, -0.05) is 84.9 Å². The third-order valence-corrected chi connectivity index (χ3v) is 5.11. The third kappa shape index (κ3) is 4.70. The quantitative estimate of drug-likeness (QED) is 0.380. The maximum atomic E-state index is 9.39. The van der Waals surface area contributed by atoms with E-state index in [1.54, 1.807) is 12.1 Å². The Kier molecular flexibility index (Phi) is 6.19. The predicted molar refractivity (Wildman–Crippen MR) is 120 cm³/mol. The molecule has 31 heavy (non-hydrogen) atoms. The van der Waals surface area contributed by atoms with E-state index in [0.717, 1.165) is 22.3 Å². The lowest BCUT2D eigenvalue weighted by Gasteiger charge is -2.27. The van der Waals surface area contributed by atoms with Crippen molar-refractivity contribution in [3.8, 4) is 12.1 Å². The average Bonchev–Trinajstić information content (AvgIpc) is 2.86. The van der Waals surface area contributed by atoms with Crippen LogP contribution in [0.1, 0.15) is 45.6 Å². The Bertz CT molecular complexity index is 1140. The molecule has 2 unspecified atom stereocenters. The number of nitrogens with zero attached hydrogens (tertiary/aromatic N) is 2. The molecule has 0 aliphatic heterocycles. The van der Waals surface area contributed by atoms with Gasteiger partial charge in [0.25, 0.3) is 0 Å². The fourth-order valence-corrected chi connectivity index (χ4v) is 3.63. The van der Waals surface area contributed by atoms with E-state index < -0.39 is 0 Å². The summed E-state index contributed by atoms with van der Waals surface area (Å²) in [6.45, 7) is 0. The molecule has 3 heteroatoms. The van der Waals surface area contributed by atoms with Gasteiger partial charge in [0.15, 0.2) is 0 Å². The fraction of sp³-hybridized carbons (Fsp3) is 0.0714. The molecule has 0 bridgehead atoms. The normalized spacial score (nSPS) is 12.3. The number of ether oxygens (including phenoxy) is 1. The lowest BCUT2D eigenvalue weighted by atomic mass is 9.96. The van der Waals surface area contributed by atoms with Gasteiger partial charge < -0.3 is 4.74 Å². The van der Waals surface area contributed by atoms with Crippen LogP contribution in [0.4, 0.5) is 0 Å². The summed E-state index contributed by atoms with van der Waals surface area (Å²) >= 11 is 0. The molecule has 4 aromatic rings. The zero-order valence-corrected chi connectivity index (χ0v) is 16.8. The smallest absolute Gasteiger partial charge is 0.109 e. The fourth-order valence-electron chi connectivity index (χ4n) is 3.63. The monoisotopic (exact) mass is 400 g/mol. The minimum Gasteiger partial charge on any atom is -0.356 e. The van der Waals surface area contributed by atoms with E-state index in [1.165, 1.54) is 0 Å². The van der Waals surface area contributed by atoms with Crippen LogP contribution in [0.5, 0.6) is 0 Å². The van der Waals surface area contributed by atoms with Crippen LogP contribution < -0.4 is 0 Å². The van der Waals surface area contributed by atoms with Crippen molar-refractivity contribution in [3.05, 3.63) is 143 Å². The minimum absolute atomic E-state index is 0.384. The van der Waals surface area contributed by atoms with Crippen LogP contribution in [-0.4, -0.2) is 0 Å². The summed E-state index contributed by atoms with van der Waals surface area (Å²) in [4.78, 5) is 0. The largest absolute Gasteiger partial charge is 0.356 e. The molecule has 0 fully saturated rings. The Morgan fingerprint density at radius 2 is 0.871 bits per heavy atom. The Hall–Kier alpha value is -4.18. The molecule has 0 amide bonds. The lowest BCUT2D eigenvalue weighted by Crippen LogP contribution is -2.13. The van der Waals surface area contributed by atoms with Crippen LogP contribution in [-0.2, 0) is 4.74 Å². The van der Waals surface area contributed by atoms with E-state index >= 15 is 0 Å². The summed E-state index contributed by atoms with van der Waals surface area (Å²) in [5.74, 6) is 0. The standard InChI is InChI=1S/C28H20N2O/c29-19-21-9-7-15-25(17-21)27(23-11-3-1-4-12-23)31-28(24-13-5-2-6-14-24)26-16-8-10-22(18-26)20-30/h1-18,27-28H. The Labute approximate surface area is 182 Å². The molecule has 0 aliphatic carbocycles. The molecule has 0 saturated heterocycles. The maximum Gasteiger partial charge on any atom is 0.109 e. The van der Waals surface area contributed by atoms with Crippen molar-refractivity contribution >= 4 is 0 Å². The molecule has 4 rings (SSSR count). The van der Waals surface area contributed by atoms with E-state index in [-0.39, 0.29) is 12.2 Å². The molecular weight excluding hydrogens is 380 g/mol. The van der Waals surface area contributed by atoms with Gasteiger partial charge in [-0.05, 0) is 46.5 Å². The summed E-state index contributed by atoms with van der Waals surface area (Å²) in [6, 6.07) is 39.4. The van der Waals surface area contributed by atoms with Gasteiger partial charge in [-0.2, -0.15) is 10.5 Å². The van der Waals surface area contributed by atoms with Gasteiger partial charge in [0.2, 0.25) is 0 Å². The first-order valence-electron chi connectivity index (χ1n) is 10.0. The van der Waals surface area contributed by atoms with Gasteiger partial charge in [-0.25, -0.2) is 0 Å². The first-order chi connectivity index (χ1) is 15.3. The highest BCUT2D eigenvalue weighted by molar-refractivity contribution is 5.40. The summed E-state index contributed by atoms with van der Waals surface area (Å²) in [6.07, 6.45) is -0.768. The number of nitriles is 2. The predicted octanol–water partition coefficient (Wildman–Crippen LogP) is 6.33. The van der Waals surface area contributed by atoms with Gasteiger partial charge in [0.05, 0.1) is 23.3 Å². The average molecular weight is 400 g/mol. The molecule has 3 nitrogen and oxygen atoms in total. The summed E-state index contributed by atoms with van der Waals surface area (Å²) in [5, 5.41) is 18.8. The first-order valence-corrected chi connectivity index (χ1v) is 10.0. The molecule has 0 aliphatic rings. The molecule has 0 spiro atoms. The van der Waals surface area contributed by atoms with Crippen LogP contribution in [0.25, 0.3) is 0 Å². The molecule has 2 atom stereocenters. The van der Waals surface area contributed by atoms with Crippen molar-refractivity contribution in [3.63, 3.8) is 0 Å². The van der Waals surface area contributed by atoms with E-state index in [0.29, 0.717) is 11.1 Å². The van der Waals surface area contributed by atoms with Crippen LogP contribution >= 0.6 is 0 Å². The molecule has 0 radical (unpaired) electrons. The highest BCUT2D eigenvalue weighted by atomic mass is 16.5. The van der Waals surface area contributed by atoms with Crippen molar-refractivity contribution in [2.45, 2.75) is 12.2 Å². The second kappa shape index (κ2) is 9.55. The number of hydrogen-bond donors (Lipinski definition) is 0. The number of benzene rings is 4. The van der Waals surface area contributed by atoms with E-state index in [1.807, 2.05) is 97.1 Å². The molecular formula is C28H20N2O. The molecule has 0 aromatic heterocycles. The van der Waals surface area contributed by atoms with Crippen LogP contribution in [0, 0.1) is 22.7 Å². The lowest BCUT2D eigenvalue weighted by molar-refractivity contribution is 0.0308. The van der Waals surface area contributed by atoms with Gasteiger partial charge >= 0.3 is 0 Å². The van der Waals surface area contributed by atoms with Gasteiger partial charge in [-0.3, -0.25) is 0 Å². The first kappa shape index (κ1) is 20.1. The van der Waals surface area contributed by atoms with Crippen molar-refractivity contribution in [1.82, 2.24) is 0 Å². The molecule has 148 valence electrons. The second-order valence-electron chi connectivity index (χ2n) is 7.19. The molecule has 0 saturated carbocycles. The van der Waals surface area contributed by atoms with Crippen molar-refractivity contribution in [2.24, 2.45) is 0 Å². The van der Waals surface area contributed by atoms with Crippen molar-refractivity contribution in [1.29, 1.82) is 10.5 Å². The Balaban J connectivity index is 1.82. The van der Waals surface area contributed by atoms with E-state index in [4.69, 9.17) is 4.74 Å². The molecule has 4 aromatic carbocycles. The highest BCUT2D eigenvalue weighted by Crippen LogP contribution is 2.36. The Morgan fingerprint density at radius 3 is 1.26 bits per heavy atom. The zero-order valence-electron chi connectivity index (χ0n) is 16.8. The topological polar surface area (TPSA) is 56.8 Å². The number of rotatable bonds is 6. The van der Waals surface area contributed by atoms with E-state index in [2.05, 4.69) is 12.1 Å². The van der Waals surface area contributed by atoms with Crippen LogP contribution in [0.3, 0.4) is 0 Å². The van der Waals surface area contributed by atoms with Crippen molar-refractivity contribution in [2.75, 3.05) is 0 Å². The summed E-state index contributed by atoms with van der Waals surface area (Å²) < 4.78 is 6.77. The maximum absolute atomic E-state index is 9.39. The van der Waals surface area contributed by atoms with E-state index in [9.17, 15) is 10.5 Å². The zero-order chi connectivity index (χ0) is 21.5. The summed E-state index contributed by atoms with van der Waals surface area (Å²) in [5.41, 5.74) is 4.98. The van der Waals surface area contributed by atoms with Crippen LogP contribution in [0.15, 0.2) is 109 Å². The molecule has 0 N–H and O–H groups in total. The van der Waals surface area contributed by atoms with Gasteiger partial charge in [-0.15, -0.1) is 0 Å². The molecule has 0 heterocycles.